The van der Waals surface area contributed by atoms with Crippen LogP contribution in [0.15, 0.2) is 0 Å². The third-order valence-electron chi connectivity index (χ3n) is 8.28. The number of fused-ring (bicyclic) bond motifs is 2. The second-order valence-electron chi connectivity index (χ2n) is 9.13. The molecule has 7 atom stereocenters. The summed E-state index contributed by atoms with van der Waals surface area (Å²) in [6, 6.07) is 0. The van der Waals surface area contributed by atoms with Gasteiger partial charge in [-0.1, -0.05) is 58.3 Å². The summed E-state index contributed by atoms with van der Waals surface area (Å²) >= 11 is 0. The first-order chi connectivity index (χ1) is 10.3. The van der Waals surface area contributed by atoms with E-state index < -0.39 is 0 Å². The minimum Gasteiger partial charge on any atom is -0.0622 e. The molecular weight excluding hydrogens is 252 g/mol. The Morgan fingerprint density at radius 3 is 1.76 bits per heavy atom. The fourth-order valence-corrected chi connectivity index (χ4v) is 7.41. The Kier molecular flexibility index (Phi) is 4.34. The minimum atomic E-state index is 1.04. The van der Waals surface area contributed by atoms with E-state index in [0.717, 1.165) is 41.4 Å². The zero-order chi connectivity index (χ0) is 14.2. The highest BCUT2D eigenvalue weighted by atomic mass is 14.5. The van der Waals surface area contributed by atoms with Crippen molar-refractivity contribution in [2.45, 2.75) is 90.4 Å². The van der Waals surface area contributed by atoms with E-state index in [-0.39, 0.29) is 0 Å². The molecule has 0 amide bonds. The summed E-state index contributed by atoms with van der Waals surface area (Å²) < 4.78 is 0. The van der Waals surface area contributed by atoms with Crippen LogP contribution >= 0.6 is 0 Å². The molecule has 0 saturated heterocycles. The molecule has 0 N–H and O–H groups in total. The monoisotopic (exact) mass is 288 g/mol. The highest BCUT2D eigenvalue weighted by molar-refractivity contribution is 4.95. The third-order valence-corrected chi connectivity index (χ3v) is 8.28. The van der Waals surface area contributed by atoms with Crippen molar-refractivity contribution in [3.05, 3.63) is 0 Å². The molecule has 7 unspecified atom stereocenters. The molecule has 0 spiro atoms. The normalized spacial score (nSPS) is 51.0. The predicted molar refractivity (Wildman–Crippen MR) is 90.1 cm³/mol. The average molecular weight is 289 g/mol. The van der Waals surface area contributed by atoms with Gasteiger partial charge in [-0.05, 0) is 73.5 Å². The summed E-state index contributed by atoms with van der Waals surface area (Å²) in [7, 11) is 0. The van der Waals surface area contributed by atoms with E-state index in [0.29, 0.717) is 0 Å². The maximum atomic E-state index is 2.57. The van der Waals surface area contributed by atoms with Crippen LogP contribution in [0.1, 0.15) is 90.4 Å². The molecule has 0 aliphatic heterocycles. The molecule has 21 heavy (non-hydrogen) atoms. The van der Waals surface area contributed by atoms with Crippen LogP contribution in [-0.2, 0) is 0 Å². The van der Waals surface area contributed by atoms with Crippen molar-refractivity contribution in [2.75, 3.05) is 0 Å². The van der Waals surface area contributed by atoms with Crippen LogP contribution in [0.25, 0.3) is 0 Å². The second-order valence-corrected chi connectivity index (χ2v) is 9.13. The van der Waals surface area contributed by atoms with Crippen LogP contribution in [0.4, 0.5) is 0 Å². The summed E-state index contributed by atoms with van der Waals surface area (Å²) in [5.41, 5.74) is 0. The highest BCUT2D eigenvalue weighted by Gasteiger charge is 2.45. The average Bonchev–Trinajstić information content (AvgIpc) is 2.54. The van der Waals surface area contributed by atoms with E-state index in [9.17, 15) is 0 Å². The van der Waals surface area contributed by atoms with E-state index in [2.05, 4.69) is 6.92 Å². The predicted octanol–water partition coefficient (Wildman–Crippen LogP) is 6.45. The lowest BCUT2D eigenvalue weighted by atomic mass is 9.53. The first-order valence-corrected chi connectivity index (χ1v) is 10.3. The van der Waals surface area contributed by atoms with Crippen molar-refractivity contribution in [3.8, 4) is 0 Å². The summed E-state index contributed by atoms with van der Waals surface area (Å²) in [6.45, 7) is 2.57. The van der Waals surface area contributed by atoms with Crippen molar-refractivity contribution in [2.24, 2.45) is 41.4 Å². The molecule has 0 aromatic heterocycles. The molecule has 4 rings (SSSR count). The van der Waals surface area contributed by atoms with E-state index in [1.807, 2.05) is 0 Å². The molecule has 4 saturated carbocycles. The first kappa shape index (κ1) is 14.6. The van der Waals surface area contributed by atoms with Crippen LogP contribution in [0, 0.1) is 41.4 Å². The van der Waals surface area contributed by atoms with Crippen LogP contribution in [0.5, 0.6) is 0 Å². The van der Waals surface area contributed by atoms with Crippen LogP contribution in [0.2, 0.25) is 0 Å². The Hall–Kier alpha value is 0. The topological polar surface area (TPSA) is 0 Å². The first-order valence-electron chi connectivity index (χ1n) is 10.3. The van der Waals surface area contributed by atoms with Gasteiger partial charge in [0.25, 0.3) is 0 Å². The van der Waals surface area contributed by atoms with E-state index in [4.69, 9.17) is 0 Å². The van der Waals surface area contributed by atoms with Gasteiger partial charge in [-0.15, -0.1) is 0 Å². The molecule has 0 radical (unpaired) electrons. The molecule has 0 aromatic carbocycles. The number of hydrogen-bond acceptors (Lipinski definition) is 0. The third kappa shape index (κ3) is 2.70. The Balaban J connectivity index is 1.53. The summed E-state index contributed by atoms with van der Waals surface area (Å²) in [4.78, 5) is 0. The van der Waals surface area contributed by atoms with E-state index in [1.54, 1.807) is 77.0 Å². The van der Waals surface area contributed by atoms with Gasteiger partial charge in [0.15, 0.2) is 0 Å². The lowest BCUT2D eigenvalue weighted by molar-refractivity contribution is -0.0235. The van der Waals surface area contributed by atoms with Crippen LogP contribution in [-0.4, -0.2) is 0 Å². The quantitative estimate of drug-likeness (QED) is 0.520. The molecule has 0 aromatic rings. The maximum absolute atomic E-state index is 2.57. The highest BCUT2D eigenvalue weighted by Crippen LogP contribution is 2.55. The molecule has 120 valence electrons. The summed E-state index contributed by atoms with van der Waals surface area (Å²) in [5.74, 6) is 7.85. The lowest BCUT2D eigenvalue weighted by Crippen LogP contribution is -2.43. The van der Waals surface area contributed by atoms with Crippen molar-refractivity contribution in [3.63, 3.8) is 0 Å². The van der Waals surface area contributed by atoms with Crippen LogP contribution in [0.3, 0.4) is 0 Å². The molecule has 4 aliphatic rings. The smallest absolute Gasteiger partial charge is 0.0352 e. The number of hydrogen-bond donors (Lipinski definition) is 0. The van der Waals surface area contributed by atoms with Crippen molar-refractivity contribution < 1.29 is 0 Å². The van der Waals surface area contributed by atoms with E-state index in [1.165, 1.54) is 6.42 Å². The molecular formula is C21H36. The Morgan fingerprint density at radius 2 is 0.905 bits per heavy atom. The standard InChI is InChI=1S/C21H36/c1-15-7-4-12-19-17(15)11-6-14-21(19)20-13-5-9-16-8-2-3-10-18(16)20/h15-21H,2-14H2,1H3. The van der Waals surface area contributed by atoms with Gasteiger partial charge in [0.2, 0.25) is 0 Å². The Morgan fingerprint density at radius 1 is 0.429 bits per heavy atom. The van der Waals surface area contributed by atoms with Gasteiger partial charge in [0.05, 0.1) is 0 Å². The van der Waals surface area contributed by atoms with Gasteiger partial charge < -0.3 is 0 Å². The fraction of sp³-hybridized carbons (Fsp3) is 1.00. The minimum absolute atomic E-state index is 1.04. The van der Waals surface area contributed by atoms with Gasteiger partial charge >= 0.3 is 0 Å². The SMILES string of the molecule is CC1CCCC2C1CCCC2C1CCCC2CCCCC21. The van der Waals surface area contributed by atoms with Gasteiger partial charge in [0, 0.05) is 0 Å². The van der Waals surface area contributed by atoms with E-state index >= 15 is 0 Å². The van der Waals surface area contributed by atoms with Gasteiger partial charge in [-0.25, -0.2) is 0 Å². The summed E-state index contributed by atoms with van der Waals surface area (Å²) in [5, 5.41) is 0. The zero-order valence-electron chi connectivity index (χ0n) is 14.2. The van der Waals surface area contributed by atoms with Crippen molar-refractivity contribution in [1.29, 1.82) is 0 Å². The molecule has 0 heterocycles. The van der Waals surface area contributed by atoms with Crippen molar-refractivity contribution >= 4 is 0 Å². The Labute approximate surface area is 132 Å². The molecule has 4 aliphatic carbocycles. The molecule has 0 heteroatoms. The lowest BCUT2D eigenvalue weighted by Gasteiger charge is -2.52. The second kappa shape index (κ2) is 6.25. The Bertz CT molecular complexity index is 344. The van der Waals surface area contributed by atoms with Gasteiger partial charge in [-0.3, -0.25) is 0 Å². The maximum Gasteiger partial charge on any atom is -0.0352 e. The number of rotatable bonds is 1. The molecule has 0 nitrogen and oxygen atoms in total. The summed E-state index contributed by atoms with van der Waals surface area (Å²) in [6.07, 6.45) is 20.4. The largest absolute Gasteiger partial charge is 0.0622 e. The molecule has 0 bridgehead atoms. The van der Waals surface area contributed by atoms with Crippen molar-refractivity contribution in [1.82, 2.24) is 0 Å². The fourth-order valence-electron chi connectivity index (χ4n) is 7.41. The molecule has 4 fully saturated rings. The van der Waals surface area contributed by atoms with Gasteiger partial charge in [0.1, 0.15) is 0 Å². The van der Waals surface area contributed by atoms with Crippen LogP contribution < -0.4 is 0 Å². The van der Waals surface area contributed by atoms with Gasteiger partial charge in [-0.2, -0.15) is 0 Å². The zero-order valence-corrected chi connectivity index (χ0v) is 14.2.